The van der Waals surface area contributed by atoms with Gasteiger partial charge in [-0.3, -0.25) is 4.90 Å². The van der Waals surface area contributed by atoms with E-state index in [0.29, 0.717) is 0 Å². The van der Waals surface area contributed by atoms with Crippen molar-refractivity contribution in [1.82, 2.24) is 4.90 Å². The van der Waals surface area contributed by atoms with Crippen LogP contribution in [0.3, 0.4) is 0 Å². The Morgan fingerprint density at radius 3 is 3.25 bits per heavy atom. The van der Waals surface area contributed by atoms with Gasteiger partial charge in [0, 0.05) is 6.04 Å². The summed E-state index contributed by atoms with van der Waals surface area (Å²) in [5.74, 6) is 0. The van der Waals surface area contributed by atoms with Gasteiger partial charge in [0.15, 0.2) is 0 Å². The van der Waals surface area contributed by atoms with E-state index in [1.54, 1.807) is 5.57 Å². The summed E-state index contributed by atoms with van der Waals surface area (Å²) in [6, 6.07) is 0.720. The van der Waals surface area contributed by atoms with Crippen LogP contribution < -0.4 is 0 Å². The van der Waals surface area contributed by atoms with E-state index in [1.807, 2.05) is 0 Å². The molecule has 0 amide bonds. The molecule has 1 atom stereocenters. The summed E-state index contributed by atoms with van der Waals surface area (Å²) in [4.78, 5) is 2.50. The quantitative estimate of drug-likeness (QED) is 0.530. The predicted octanol–water partition coefficient (Wildman–Crippen LogP) is 2.36. The normalized spacial score (nSPS) is 30.8. The molecule has 12 heavy (non-hydrogen) atoms. The summed E-state index contributed by atoms with van der Waals surface area (Å²) >= 11 is 0. The molecule has 0 saturated carbocycles. The van der Waals surface area contributed by atoms with Crippen LogP contribution in [0.4, 0.5) is 0 Å². The smallest absolute Gasteiger partial charge is 0.0342 e. The van der Waals surface area contributed by atoms with Gasteiger partial charge in [-0.1, -0.05) is 23.8 Å². The Morgan fingerprint density at radius 2 is 2.33 bits per heavy atom. The number of likely N-dealkylation sites (tertiary alicyclic amines) is 1. The fourth-order valence-electron chi connectivity index (χ4n) is 2.22. The zero-order valence-corrected chi connectivity index (χ0v) is 7.79. The van der Waals surface area contributed by atoms with E-state index in [1.165, 1.54) is 32.2 Å². The zero-order valence-electron chi connectivity index (χ0n) is 7.79. The highest BCUT2D eigenvalue weighted by Crippen LogP contribution is 2.26. The maximum Gasteiger partial charge on any atom is 0.0342 e. The molecule has 2 aliphatic rings. The number of nitrogens with zero attached hydrogens (tertiary/aromatic N) is 1. The van der Waals surface area contributed by atoms with E-state index in [2.05, 4.69) is 30.2 Å². The number of hydrogen-bond donors (Lipinski definition) is 0. The summed E-state index contributed by atoms with van der Waals surface area (Å²) in [7, 11) is 2.25. The topological polar surface area (TPSA) is 3.24 Å². The van der Waals surface area contributed by atoms with Crippen molar-refractivity contribution < 1.29 is 0 Å². The van der Waals surface area contributed by atoms with E-state index in [9.17, 15) is 0 Å². The molecule has 1 fully saturated rings. The number of allylic oxidation sites excluding steroid dienone is 2. The Hall–Kier alpha value is -0.560. The third-order valence-electron chi connectivity index (χ3n) is 2.99. The third kappa shape index (κ3) is 1.46. The molecule has 0 N–H and O–H groups in total. The molecular formula is C11H17N. The van der Waals surface area contributed by atoms with Gasteiger partial charge in [0.2, 0.25) is 0 Å². The molecule has 2 rings (SSSR count). The van der Waals surface area contributed by atoms with Crippen LogP contribution in [-0.4, -0.2) is 24.5 Å². The molecule has 1 aliphatic heterocycles. The second-order valence-corrected chi connectivity index (χ2v) is 3.86. The zero-order chi connectivity index (χ0) is 8.39. The molecule has 0 aromatic rings. The minimum atomic E-state index is 0.720. The highest BCUT2D eigenvalue weighted by Gasteiger charge is 2.21. The van der Waals surface area contributed by atoms with Gasteiger partial charge in [-0.05, 0) is 39.3 Å². The fraction of sp³-hybridized carbons (Fsp3) is 0.636. The predicted molar refractivity (Wildman–Crippen MR) is 52.1 cm³/mol. The Bertz CT molecular complexity index is 215. The van der Waals surface area contributed by atoms with Crippen molar-refractivity contribution in [1.29, 1.82) is 0 Å². The minimum Gasteiger partial charge on any atom is -0.299 e. The molecule has 0 aromatic heterocycles. The maximum absolute atomic E-state index is 2.50. The molecule has 1 heteroatoms. The Labute approximate surface area is 74.8 Å². The number of hydrogen-bond acceptors (Lipinski definition) is 1. The van der Waals surface area contributed by atoms with E-state index in [-0.39, 0.29) is 0 Å². The number of likely N-dealkylation sites (N-methyl/N-ethyl adjacent to an activating group) is 1. The molecule has 0 radical (unpaired) electrons. The van der Waals surface area contributed by atoms with E-state index in [0.717, 1.165) is 6.04 Å². The lowest BCUT2D eigenvalue weighted by Crippen LogP contribution is -2.32. The molecule has 1 nitrogen and oxygen atoms in total. The van der Waals surface area contributed by atoms with Gasteiger partial charge < -0.3 is 0 Å². The first-order valence-corrected chi connectivity index (χ1v) is 4.94. The van der Waals surface area contributed by atoms with Gasteiger partial charge in [0.1, 0.15) is 0 Å². The fourth-order valence-corrected chi connectivity index (χ4v) is 2.22. The highest BCUT2D eigenvalue weighted by atomic mass is 15.1. The first kappa shape index (κ1) is 8.06. The maximum atomic E-state index is 2.50. The van der Waals surface area contributed by atoms with Crippen molar-refractivity contribution in [2.75, 3.05) is 13.6 Å². The molecule has 1 unspecified atom stereocenters. The standard InChI is InChI=1S/C11H17N/c1-12-9-5-4-7-10-6-2-3-8-11(10)12/h2-3,6,11H,4-5,7-9H2,1H3. The summed E-state index contributed by atoms with van der Waals surface area (Å²) in [6.45, 7) is 1.27. The van der Waals surface area contributed by atoms with Crippen LogP contribution in [0.1, 0.15) is 25.7 Å². The molecule has 0 spiro atoms. The van der Waals surface area contributed by atoms with E-state index >= 15 is 0 Å². The molecule has 0 aromatic carbocycles. The molecule has 66 valence electrons. The van der Waals surface area contributed by atoms with Crippen molar-refractivity contribution in [3.05, 3.63) is 23.8 Å². The number of rotatable bonds is 0. The average molecular weight is 163 g/mol. The molecular weight excluding hydrogens is 146 g/mol. The molecule has 1 saturated heterocycles. The van der Waals surface area contributed by atoms with Gasteiger partial charge in [-0.2, -0.15) is 0 Å². The van der Waals surface area contributed by atoms with Crippen LogP contribution in [0.15, 0.2) is 23.8 Å². The van der Waals surface area contributed by atoms with Gasteiger partial charge >= 0.3 is 0 Å². The monoisotopic (exact) mass is 163 g/mol. The Morgan fingerprint density at radius 1 is 1.42 bits per heavy atom. The Balaban J connectivity index is 2.17. The van der Waals surface area contributed by atoms with Crippen LogP contribution >= 0.6 is 0 Å². The van der Waals surface area contributed by atoms with Gasteiger partial charge in [-0.15, -0.1) is 0 Å². The van der Waals surface area contributed by atoms with Crippen LogP contribution in [0.2, 0.25) is 0 Å². The van der Waals surface area contributed by atoms with Crippen LogP contribution in [-0.2, 0) is 0 Å². The molecule has 0 bridgehead atoms. The second kappa shape index (κ2) is 3.44. The van der Waals surface area contributed by atoms with Crippen LogP contribution in [0, 0.1) is 0 Å². The van der Waals surface area contributed by atoms with Crippen molar-refractivity contribution in [3.63, 3.8) is 0 Å². The average Bonchev–Trinajstić information content (AvgIpc) is 2.29. The summed E-state index contributed by atoms with van der Waals surface area (Å²) in [5.41, 5.74) is 1.65. The van der Waals surface area contributed by atoms with E-state index in [4.69, 9.17) is 0 Å². The minimum absolute atomic E-state index is 0.720. The number of fused-ring (bicyclic) bond motifs is 1. The SMILES string of the molecule is CN1CCCCC2=CC=CCC21. The molecule has 1 aliphatic carbocycles. The Kier molecular flexibility index (Phi) is 2.31. The van der Waals surface area contributed by atoms with Gasteiger partial charge in [0.05, 0.1) is 0 Å². The largest absolute Gasteiger partial charge is 0.299 e. The lowest BCUT2D eigenvalue weighted by atomic mass is 9.95. The van der Waals surface area contributed by atoms with Crippen molar-refractivity contribution in [2.24, 2.45) is 0 Å². The van der Waals surface area contributed by atoms with Gasteiger partial charge in [0.25, 0.3) is 0 Å². The van der Waals surface area contributed by atoms with Crippen molar-refractivity contribution >= 4 is 0 Å². The van der Waals surface area contributed by atoms with Gasteiger partial charge in [-0.25, -0.2) is 0 Å². The van der Waals surface area contributed by atoms with Crippen molar-refractivity contribution in [2.45, 2.75) is 31.7 Å². The molecule has 1 heterocycles. The first-order chi connectivity index (χ1) is 5.88. The van der Waals surface area contributed by atoms with Crippen LogP contribution in [0.5, 0.6) is 0 Å². The van der Waals surface area contributed by atoms with Crippen LogP contribution in [0.25, 0.3) is 0 Å². The highest BCUT2D eigenvalue weighted by molar-refractivity contribution is 5.24. The summed E-state index contributed by atoms with van der Waals surface area (Å²) < 4.78 is 0. The summed E-state index contributed by atoms with van der Waals surface area (Å²) in [5, 5.41) is 0. The first-order valence-electron chi connectivity index (χ1n) is 4.94. The lowest BCUT2D eigenvalue weighted by molar-refractivity contribution is 0.280. The lowest BCUT2D eigenvalue weighted by Gasteiger charge is -2.28. The summed E-state index contributed by atoms with van der Waals surface area (Å²) in [6.07, 6.45) is 12.1. The van der Waals surface area contributed by atoms with E-state index < -0.39 is 0 Å². The second-order valence-electron chi connectivity index (χ2n) is 3.86. The van der Waals surface area contributed by atoms with Crippen molar-refractivity contribution in [3.8, 4) is 0 Å². The third-order valence-corrected chi connectivity index (χ3v) is 2.99.